The minimum absolute atomic E-state index is 0.565. The third-order valence-corrected chi connectivity index (χ3v) is 3.83. The number of rotatable bonds is 3. The second-order valence-corrected chi connectivity index (χ2v) is 5.79. The Morgan fingerprint density at radius 3 is 2.62 bits per heavy atom. The van der Waals surface area contributed by atoms with E-state index in [0.29, 0.717) is 6.42 Å². The molecule has 0 bridgehead atoms. The topological polar surface area (TPSA) is 37.5 Å². The lowest BCUT2D eigenvalue weighted by Crippen LogP contribution is -2.02. The van der Waals surface area contributed by atoms with E-state index in [1.165, 1.54) is 0 Å². The van der Waals surface area contributed by atoms with E-state index in [9.17, 15) is 5.11 Å². The summed E-state index contributed by atoms with van der Waals surface area (Å²) >= 11 is 5.92. The smallest absolute Gasteiger partial charge is 0.137 e. The van der Waals surface area contributed by atoms with Crippen LogP contribution in [0.15, 0.2) is 42.6 Å². The van der Waals surface area contributed by atoms with Gasteiger partial charge in [-0.1, -0.05) is 23.7 Å². The largest absolute Gasteiger partial charge is 0.387 e. The van der Waals surface area contributed by atoms with Crippen molar-refractivity contribution in [3.63, 3.8) is 0 Å². The van der Waals surface area contributed by atoms with Crippen LogP contribution in [-0.2, 0) is 6.42 Å². The van der Waals surface area contributed by atoms with Crippen molar-refractivity contribution in [3.8, 4) is 0 Å². The van der Waals surface area contributed by atoms with Crippen molar-refractivity contribution < 1.29 is 5.11 Å². The Kier molecular flexibility index (Phi) is 3.70. The Morgan fingerprint density at radius 1 is 1.24 bits per heavy atom. The lowest BCUT2D eigenvalue weighted by atomic mass is 10.1. The van der Waals surface area contributed by atoms with Crippen LogP contribution in [0.3, 0.4) is 0 Å². The number of fused-ring (bicyclic) bond motifs is 1. The summed E-state index contributed by atoms with van der Waals surface area (Å²) in [5, 5.41) is 10.8. The molecule has 3 nitrogen and oxygen atoms in total. The van der Waals surface area contributed by atoms with E-state index >= 15 is 0 Å². The van der Waals surface area contributed by atoms with Gasteiger partial charge >= 0.3 is 0 Å². The minimum atomic E-state index is -0.565. The summed E-state index contributed by atoms with van der Waals surface area (Å²) in [4.78, 5) is 4.68. The Labute approximate surface area is 128 Å². The zero-order chi connectivity index (χ0) is 15.0. The Hall–Kier alpha value is -1.84. The quantitative estimate of drug-likeness (QED) is 0.795. The molecule has 0 aliphatic rings. The molecule has 21 heavy (non-hydrogen) atoms. The van der Waals surface area contributed by atoms with Crippen LogP contribution in [0.1, 0.15) is 35.5 Å². The van der Waals surface area contributed by atoms with Crippen LogP contribution in [0.25, 0.3) is 5.65 Å². The van der Waals surface area contributed by atoms with Crippen molar-refractivity contribution in [1.82, 2.24) is 9.38 Å². The SMILES string of the molecule is Cc1ccn2c(C(C)O)c(Cc3ccc(Cl)cc3)nc2c1. The zero-order valence-electron chi connectivity index (χ0n) is 12.0. The number of aliphatic hydroxyl groups excluding tert-OH is 1. The number of benzene rings is 1. The first-order valence-corrected chi connectivity index (χ1v) is 7.32. The molecular weight excluding hydrogens is 284 g/mol. The highest BCUT2D eigenvalue weighted by Gasteiger charge is 2.16. The highest BCUT2D eigenvalue weighted by molar-refractivity contribution is 6.30. The molecule has 2 aromatic heterocycles. The van der Waals surface area contributed by atoms with Crippen LogP contribution in [-0.4, -0.2) is 14.5 Å². The molecule has 0 amide bonds. The van der Waals surface area contributed by atoms with Gasteiger partial charge in [0.2, 0.25) is 0 Å². The van der Waals surface area contributed by atoms with E-state index < -0.39 is 6.10 Å². The number of aryl methyl sites for hydroxylation is 1. The summed E-state index contributed by atoms with van der Waals surface area (Å²) in [5.74, 6) is 0. The predicted octanol–water partition coefficient (Wildman–Crippen LogP) is 3.94. The van der Waals surface area contributed by atoms with Gasteiger partial charge in [-0.25, -0.2) is 4.98 Å². The van der Waals surface area contributed by atoms with Crippen molar-refractivity contribution in [1.29, 1.82) is 0 Å². The summed E-state index contributed by atoms with van der Waals surface area (Å²) in [6.45, 7) is 3.81. The van der Waals surface area contributed by atoms with Gasteiger partial charge in [-0.2, -0.15) is 0 Å². The third kappa shape index (κ3) is 2.80. The van der Waals surface area contributed by atoms with Crippen molar-refractivity contribution in [2.75, 3.05) is 0 Å². The second-order valence-electron chi connectivity index (χ2n) is 5.36. The van der Waals surface area contributed by atoms with Crippen molar-refractivity contribution in [3.05, 3.63) is 70.1 Å². The number of hydrogen-bond acceptors (Lipinski definition) is 2. The fourth-order valence-corrected chi connectivity index (χ4v) is 2.71. The molecular formula is C17H17ClN2O. The first kappa shape index (κ1) is 14.1. The van der Waals surface area contributed by atoms with Crippen LogP contribution >= 0.6 is 11.6 Å². The average molecular weight is 301 g/mol. The molecule has 3 rings (SSSR count). The van der Waals surface area contributed by atoms with Gasteiger partial charge in [0.15, 0.2) is 0 Å². The fourth-order valence-electron chi connectivity index (χ4n) is 2.58. The number of imidazole rings is 1. The van der Waals surface area contributed by atoms with Crippen LogP contribution in [0.5, 0.6) is 0 Å². The van der Waals surface area contributed by atoms with E-state index in [1.54, 1.807) is 6.92 Å². The number of aromatic nitrogens is 2. The molecule has 0 aliphatic heterocycles. The summed E-state index contributed by atoms with van der Waals surface area (Å²) in [5.41, 5.74) is 4.90. The van der Waals surface area contributed by atoms with Gasteiger partial charge < -0.3 is 9.51 Å². The first-order chi connectivity index (χ1) is 10.0. The molecule has 2 heterocycles. The van der Waals surface area contributed by atoms with Crippen LogP contribution < -0.4 is 0 Å². The van der Waals surface area contributed by atoms with Crippen LogP contribution in [0, 0.1) is 6.92 Å². The Morgan fingerprint density at radius 2 is 1.95 bits per heavy atom. The number of halogens is 1. The van der Waals surface area contributed by atoms with Gasteiger partial charge in [0, 0.05) is 17.6 Å². The summed E-state index contributed by atoms with van der Waals surface area (Å²) in [6, 6.07) is 11.8. The molecule has 108 valence electrons. The molecule has 0 fully saturated rings. The average Bonchev–Trinajstić information content (AvgIpc) is 2.78. The summed E-state index contributed by atoms with van der Waals surface area (Å²) in [6.07, 6.45) is 2.08. The van der Waals surface area contributed by atoms with Crippen LogP contribution in [0.2, 0.25) is 5.02 Å². The van der Waals surface area contributed by atoms with E-state index in [2.05, 4.69) is 4.98 Å². The van der Waals surface area contributed by atoms with E-state index in [0.717, 1.165) is 33.2 Å². The molecule has 0 spiro atoms. The standard InChI is InChI=1S/C17H17ClN2O/c1-11-7-8-20-16(9-11)19-15(17(20)12(2)21)10-13-3-5-14(18)6-4-13/h3-9,12,21H,10H2,1-2H3. The van der Waals surface area contributed by atoms with Gasteiger partial charge in [-0.3, -0.25) is 0 Å². The molecule has 4 heteroatoms. The summed E-state index contributed by atoms with van der Waals surface area (Å²) < 4.78 is 1.96. The lowest BCUT2D eigenvalue weighted by molar-refractivity contribution is 0.192. The van der Waals surface area contributed by atoms with Crippen LogP contribution in [0.4, 0.5) is 0 Å². The van der Waals surface area contributed by atoms with Gasteiger partial charge in [0.1, 0.15) is 5.65 Å². The molecule has 1 atom stereocenters. The van der Waals surface area contributed by atoms with Crippen molar-refractivity contribution in [2.24, 2.45) is 0 Å². The fraction of sp³-hybridized carbons (Fsp3) is 0.235. The highest BCUT2D eigenvalue weighted by Crippen LogP contribution is 2.23. The zero-order valence-corrected chi connectivity index (χ0v) is 12.8. The Bertz CT molecular complexity index is 775. The number of nitrogens with zero attached hydrogens (tertiary/aromatic N) is 2. The Balaban J connectivity index is 2.08. The first-order valence-electron chi connectivity index (χ1n) is 6.94. The maximum Gasteiger partial charge on any atom is 0.137 e. The van der Waals surface area contributed by atoms with E-state index in [4.69, 9.17) is 11.6 Å². The van der Waals surface area contributed by atoms with E-state index in [-0.39, 0.29) is 0 Å². The van der Waals surface area contributed by atoms with Gasteiger partial charge in [0.05, 0.1) is 17.5 Å². The molecule has 0 aliphatic carbocycles. The van der Waals surface area contributed by atoms with Crippen molar-refractivity contribution in [2.45, 2.75) is 26.4 Å². The maximum absolute atomic E-state index is 10.1. The maximum atomic E-state index is 10.1. The van der Waals surface area contributed by atoms with Gasteiger partial charge in [-0.15, -0.1) is 0 Å². The summed E-state index contributed by atoms with van der Waals surface area (Å²) in [7, 11) is 0. The van der Waals surface area contributed by atoms with Gasteiger partial charge in [0.25, 0.3) is 0 Å². The molecule has 0 saturated heterocycles. The molecule has 1 N–H and O–H groups in total. The molecule has 0 radical (unpaired) electrons. The van der Waals surface area contributed by atoms with E-state index in [1.807, 2.05) is 53.9 Å². The molecule has 3 aromatic rings. The lowest BCUT2D eigenvalue weighted by Gasteiger charge is -2.08. The van der Waals surface area contributed by atoms with Gasteiger partial charge in [-0.05, 0) is 49.2 Å². The second kappa shape index (κ2) is 5.51. The normalized spacial score (nSPS) is 12.8. The number of aliphatic hydroxyl groups is 1. The number of pyridine rings is 1. The third-order valence-electron chi connectivity index (χ3n) is 3.58. The highest BCUT2D eigenvalue weighted by atomic mass is 35.5. The van der Waals surface area contributed by atoms with Crippen molar-refractivity contribution >= 4 is 17.2 Å². The monoisotopic (exact) mass is 300 g/mol. The number of hydrogen-bond donors (Lipinski definition) is 1. The minimum Gasteiger partial charge on any atom is -0.387 e. The molecule has 0 saturated carbocycles. The molecule has 1 aromatic carbocycles. The molecule has 1 unspecified atom stereocenters. The predicted molar refractivity (Wildman–Crippen MR) is 84.8 cm³/mol.